The zero-order valence-corrected chi connectivity index (χ0v) is 10.5. The highest BCUT2D eigenvalue weighted by Crippen LogP contribution is 2.28. The Morgan fingerprint density at radius 2 is 2.17 bits per heavy atom. The predicted molar refractivity (Wildman–Crippen MR) is 66.2 cm³/mol. The van der Waals surface area contributed by atoms with Gasteiger partial charge in [-0.05, 0) is 17.7 Å². The molecule has 0 unspecified atom stereocenters. The Bertz CT molecular complexity index is 525. The Labute approximate surface area is 105 Å². The standard InChI is InChI=1S/C12H16N4O2/c1-16-12(14-8-15-16)7-18-11-5-9(6-13)3-4-10(11)17-2/h3-5,8H,6-7,13H2,1-2H3. The molecule has 1 heterocycles. The minimum absolute atomic E-state index is 0.334. The van der Waals surface area contributed by atoms with Crippen LogP contribution in [-0.2, 0) is 20.2 Å². The van der Waals surface area contributed by atoms with Crippen molar-refractivity contribution in [2.45, 2.75) is 13.2 Å². The molecule has 1 aromatic carbocycles. The maximum atomic E-state index is 5.69. The molecule has 2 aromatic rings. The van der Waals surface area contributed by atoms with Gasteiger partial charge in [-0.2, -0.15) is 5.10 Å². The topological polar surface area (TPSA) is 75.2 Å². The van der Waals surface area contributed by atoms with Crippen molar-refractivity contribution >= 4 is 0 Å². The molecule has 0 fully saturated rings. The average molecular weight is 248 g/mol. The van der Waals surface area contributed by atoms with Crippen molar-refractivity contribution in [3.05, 3.63) is 35.9 Å². The zero-order chi connectivity index (χ0) is 13.0. The second kappa shape index (κ2) is 5.50. The van der Waals surface area contributed by atoms with E-state index in [1.165, 1.54) is 6.33 Å². The van der Waals surface area contributed by atoms with Crippen LogP contribution >= 0.6 is 0 Å². The fourth-order valence-electron chi connectivity index (χ4n) is 1.55. The molecule has 0 spiro atoms. The number of aromatic nitrogens is 3. The molecule has 0 saturated carbocycles. The van der Waals surface area contributed by atoms with E-state index in [0.29, 0.717) is 24.7 Å². The zero-order valence-electron chi connectivity index (χ0n) is 10.5. The first-order valence-electron chi connectivity index (χ1n) is 5.57. The van der Waals surface area contributed by atoms with Crippen molar-refractivity contribution in [2.75, 3.05) is 7.11 Å². The van der Waals surface area contributed by atoms with Crippen molar-refractivity contribution in [3.8, 4) is 11.5 Å². The number of rotatable bonds is 5. The molecule has 96 valence electrons. The lowest BCUT2D eigenvalue weighted by molar-refractivity contribution is 0.271. The van der Waals surface area contributed by atoms with E-state index in [2.05, 4.69) is 10.1 Å². The van der Waals surface area contributed by atoms with Gasteiger partial charge in [0.1, 0.15) is 12.9 Å². The first kappa shape index (κ1) is 12.4. The van der Waals surface area contributed by atoms with Gasteiger partial charge in [0.25, 0.3) is 0 Å². The SMILES string of the molecule is COc1ccc(CN)cc1OCc1ncnn1C. The van der Waals surface area contributed by atoms with Crippen LogP contribution in [0, 0.1) is 0 Å². The highest BCUT2D eigenvalue weighted by molar-refractivity contribution is 5.42. The first-order chi connectivity index (χ1) is 8.74. The van der Waals surface area contributed by atoms with Crippen LogP contribution in [0.25, 0.3) is 0 Å². The molecule has 2 rings (SSSR count). The number of hydrogen-bond acceptors (Lipinski definition) is 5. The van der Waals surface area contributed by atoms with E-state index in [0.717, 1.165) is 11.4 Å². The van der Waals surface area contributed by atoms with E-state index in [4.69, 9.17) is 15.2 Å². The van der Waals surface area contributed by atoms with Crippen LogP contribution in [0.4, 0.5) is 0 Å². The van der Waals surface area contributed by atoms with E-state index in [9.17, 15) is 0 Å². The van der Waals surface area contributed by atoms with Gasteiger partial charge >= 0.3 is 0 Å². The molecule has 0 atom stereocenters. The molecule has 0 amide bonds. The molecular weight excluding hydrogens is 232 g/mol. The Kier molecular flexibility index (Phi) is 3.78. The average Bonchev–Trinajstić information content (AvgIpc) is 2.81. The number of nitrogens with two attached hydrogens (primary N) is 1. The van der Waals surface area contributed by atoms with E-state index in [-0.39, 0.29) is 0 Å². The lowest BCUT2D eigenvalue weighted by Crippen LogP contribution is -2.06. The van der Waals surface area contributed by atoms with E-state index in [1.807, 2.05) is 25.2 Å². The molecule has 6 nitrogen and oxygen atoms in total. The van der Waals surface area contributed by atoms with Crippen molar-refractivity contribution in [1.82, 2.24) is 14.8 Å². The van der Waals surface area contributed by atoms with Crippen LogP contribution in [0.5, 0.6) is 11.5 Å². The highest BCUT2D eigenvalue weighted by Gasteiger charge is 2.07. The normalized spacial score (nSPS) is 10.4. The largest absolute Gasteiger partial charge is 0.493 e. The number of ether oxygens (including phenoxy) is 2. The lowest BCUT2D eigenvalue weighted by Gasteiger charge is -2.11. The minimum Gasteiger partial charge on any atom is -0.493 e. The van der Waals surface area contributed by atoms with Crippen molar-refractivity contribution in [3.63, 3.8) is 0 Å². The fourth-order valence-corrected chi connectivity index (χ4v) is 1.55. The summed E-state index contributed by atoms with van der Waals surface area (Å²) >= 11 is 0. The molecule has 0 bridgehead atoms. The molecule has 0 aliphatic carbocycles. The minimum atomic E-state index is 0.334. The molecule has 0 aliphatic heterocycles. The van der Waals surface area contributed by atoms with Crippen LogP contribution in [0.3, 0.4) is 0 Å². The summed E-state index contributed by atoms with van der Waals surface area (Å²) in [6.45, 7) is 0.797. The molecule has 0 radical (unpaired) electrons. The Hall–Kier alpha value is -2.08. The number of methoxy groups -OCH3 is 1. The van der Waals surface area contributed by atoms with Gasteiger partial charge in [-0.3, -0.25) is 4.68 Å². The summed E-state index contributed by atoms with van der Waals surface area (Å²) in [5.74, 6) is 2.08. The highest BCUT2D eigenvalue weighted by atomic mass is 16.5. The lowest BCUT2D eigenvalue weighted by atomic mass is 10.2. The quantitative estimate of drug-likeness (QED) is 0.849. The summed E-state index contributed by atoms with van der Waals surface area (Å²) in [6.07, 6.45) is 1.49. The van der Waals surface area contributed by atoms with Crippen LogP contribution < -0.4 is 15.2 Å². The van der Waals surface area contributed by atoms with Crippen molar-refractivity contribution in [2.24, 2.45) is 12.8 Å². The van der Waals surface area contributed by atoms with Gasteiger partial charge < -0.3 is 15.2 Å². The summed E-state index contributed by atoms with van der Waals surface area (Å²) in [6, 6.07) is 5.62. The summed E-state index contributed by atoms with van der Waals surface area (Å²) in [5, 5.41) is 3.98. The third-order valence-corrected chi connectivity index (χ3v) is 2.63. The second-order valence-electron chi connectivity index (χ2n) is 3.78. The Balaban J connectivity index is 2.14. The third-order valence-electron chi connectivity index (χ3n) is 2.63. The number of benzene rings is 1. The molecule has 1 aromatic heterocycles. The van der Waals surface area contributed by atoms with Gasteiger partial charge in [0, 0.05) is 13.6 Å². The summed E-state index contributed by atoms with van der Waals surface area (Å²) in [5.41, 5.74) is 6.59. The molecular formula is C12H16N4O2. The second-order valence-corrected chi connectivity index (χ2v) is 3.78. The Morgan fingerprint density at radius 3 is 2.78 bits per heavy atom. The van der Waals surface area contributed by atoms with Crippen molar-refractivity contribution < 1.29 is 9.47 Å². The molecule has 0 saturated heterocycles. The van der Waals surface area contributed by atoms with E-state index < -0.39 is 0 Å². The summed E-state index contributed by atoms with van der Waals surface area (Å²) in [7, 11) is 3.42. The van der Waals surface area contributed by atoms with Crippen LogP contribution in [0.15, 0.2) is 24.5 Å². The smallest absolute Gasteiger partial charge is 0.164 e. The predicted octanol–water partition coefficient (Wildman–Crippen LogP) is 0.861. The number of nitrogens with zero attached hydrogens (tertiary/aromatic N) is 3. The van der Waals surface area contributed by atoms with E-state index >= 15 is 0 Å². The van der Waals surface area contributed by atoms with E-state index in [1.54, 1.807) is 11.8 Å². The third kappa shape index (κ3) is 2.60. The molecule has 6 heteroatoms. The first-order valence-corrected chi connectivity index (χ1v) is 5.57. The van der Waals surface area contributed by atoms with Gasteiger partial charge in [-0.1, -0.05) is 6.07 Å². The monoisotopic (exact) mass is 248 g/mol. The maximum absolute atomic E-state index is 5.69. The number of aryl methyl sites for hydroxylation is 1. The maximum Gasteiger partial charge on any atom is 0.164 e. The van der Waals surface area contributed by atoms with Gasteiger partial charge in [0.05, 0.1) is 7.11 Å². The summed E-state index contributed by atoms with van der Waals surface area (Å²) in [4.78, 5) is 4.09. The van der Waals surface area contributed by atoms with Gasteiger partial charge in [-0.25, -0.2) is 4.98 Å². The van der Waals surface area contributed by atoms with Crippen LogP contribution in [0.2, 0.25) is 0 Å². The molecule has 2 N–H and O–H groups in total. The van der Waals surface area contributed by atoms with Crippen molar-refractivity contribution in [1.29, 1.82) is 0 Å². The van der Waals surface area contributed by atoms with Gasteiger partial charge in [0.15, 0.2) is 17.3 Å². The molecule has 18 heavy (non-hydrogen) atoms. The van der Waals surface area contributed by atoms with Gasteiger partial charge in [0.2, 0.25) is 0 Å². The Morgan fingerprint density at radius 1 is 1.33 bits per heavy atom. The summed E-state index contributed by atoms with van der Waals surface area (Å²) < 4.78 is 12.6. The van der Waals surface area contributed by atoms with Gasteiger partial charge in [-0.15, -0.1) is 0 Å². The van der Waals surface area contributed by atoms with Crippen LogP contribution in [-0.4, -0.2) is 21.9 Å². The fraction of sp³-hybridized carbons (Fsp3) is 0.333. The van der Waals surface area contributed by atoms with Crippen LogP contribution in [0.1, 0.15) is 11.4 Å². The molecule has 0 aliphatic rings. The number of hydrogen-bond donors (Lipinski definition) is 1.